The molecule has 0 aliphatic heterocycles. The van der Waals surface area contributed by atoms with Gasteiger partial charge in [-0.15, -0.1) is 0 Å². The fraction of sp³-hybridized carbons (Fsp3) is 0.647. The van der Waals surface area contributed by atoms with Crippen molar-refractivity contribution in [2.24, 2.45) is 5.92 Å². The van der Waals surface area contributed by atoms with Crippen LogP contribution < -0.4 is 10.2 Å². The normalized spacial score (nSPS) is 16.0. The van der Waals surface area contributed by atoms with E-state index in [0.717, 1.165) is 18.7 Å². The van der Waals surface area contributed by atoms with Crippen molar-refractivity contribution in [1.29, 1.82) is 0 Å². The van der Waals surface area contributed by atoms with E-state index >= 15 is 0 Å². The van der Waals surface area contributed by atoms with Gasteiger partial charge < -0.3 is 15.0 Å². The van der Waals surface area contributed by atoms with Crippen LogP contribution in [0, 0.1) is 11.7 Å². The Morgan fingerprint density at radius 2 is 2.19 bits per heavy atom. The van der Waals surface area contributed by atoms with Gasteiger partial charge in [-0.3, -0.25) is 0 Å². The Kier molecular flexibility index (Phi) is 6.00. The molecule has 1 N–H and O–H groups in total. The summed E-state index contributed by atoms with van der Waals surface area (Å²) in [6, 6.07) is 5.95. The quantitative estimate of drug-likeness (QED) is 0.757. The fourth-order valence-electron chi connectivity index (χ4n) is 2.73. The van der Waals surface area contributed by atoms with Crippen LogP contribution >= 0.6 is 0 Å². The maximum Gasteiger partial charge on any atom is 0.146 e. The Balaban J connectivity index is 2.14. The van der Waals surface area contributed by atoms with E-state index in [1.807, 2.05) is 12.1 Å². The predicted molar refractivity (Wildman–Crippen MR) is 85.2 cm³/mol. The van der Waals surface area contributed by atoms with Crippen molar-refractivity contribution in [2.75, 3.05) is 31.7 Å². The van der Waals surface area contributed by atoms with Crippen molar-refractivity contribution in [3.8, 4) is 0 Å². The summed E-state index contributed by atoms with van der Waals surface area (Å²) in [5, 5.41) is 3.23. The molecule has 21 heavy (non-hydrogen) atoms. The van der Waals surface area contributed by atoms with Gasteiger partial charge in [-0.25, -0.2) is 4.39 Å². The van der Waals surface area contributed by atoms with Crippen molar-refractivity contribution in [3.05, 3.63) is 29.6 Å². The molecule has 1 atom stereocenters. The summed E-state index contributed by atoms with van der Waals surface area (Å²) in [6.45, 7) is 7.20. The van der Waals surface area contributed by atoms with Crippen molar-refractivity contribution in [3.63, 3.8) is 0 Å². The fourth-order valence-corrected chi connectivity index (χ4v) is 2.73. The number of halogens is 1. The Morgan fingerprint density at radius 3 is 2.76 bits per heavy atom. The number of benzene rings is 1. The molecular formula is C17H27FN2O. The van der Waals surface area contributed by atoms with E-state index in [1.165, 1.54) is 12.8 Å². The first-order valence-corrected chi connectivity index (χ1v) is 7.92. The Labute approximate surface area is 127 Å². The lowest BCUT2D eigenvalue weighted by molar-refractivity contribution is 0.202. The number of hydrogen-bond donors (Lipinski definition) is 1. The summed E-state index contributed by atoms with van der Waals surface area (Å²) in [5.74, 6) is 0.566. The highest BCUT2D eigenvalue weighted by molar-refractivity contribution is 5.50. The van der Waals surface area contributed by atoms with E-state index in [1.54, 1.807) is 13.2 Å². The van der Waals surface area contributed by atoms with Gasteiger partial charge in [0.05, 0.1) is 12.3 Å². The lowest BCUT2D eigenvalue weighted by atomic mass is 10.1. The highest BCUT2D eigenvalue weighted by Crippen LogP contribution is 2.37. The molecule has 1 aliphatic rings. The van der Waals surface area contributed by atoms with Gasteiger partial charge in [-0.1, -0.05) is 13.0 Å². The van der Waals surface area contributed by atoms with Gasteiger partial charge in [-0.05, 0) is 49.9 Å². The average molecular weight is 294 g/mol. The van der Waals surface area contributed by atoms with Gasteiger partial charge in [0.2, 0.25) is 0 Å². The van der Waals surface area contributed by atoms with E-state index in [2.05, 4.69) is 24.1 Å². The molecule has 4 heteroatoms. The van der Waals surface area contributed by atoms with Crippen LogP contribution in [0.15, 0.2) is 18.2 Å². The van der Waals surface area contributed by atoms with Gasteiger partial charge in [0.1, 0.15) is 5.82 Å². The first-order chi connectivity index (χ1) is 10.2. The highest BCUT2D eigenvalue weighted by Gasteiger charge is 2.32. The minimum absolute atomic E-state index is 0.131. The highest BCUT2D eigenvalue weighted by atomic mass is 19.1. The van der Waals surface area contributed by atoms with Crippen molar-refractivity contribution >= 4 is 5.69 Å². The minimum Gasteiger partial charge on any atom is -0.383 e. The molecule has 1 saturated carbocycles. The van der Waals surface area contributed by atoms with E-state index in [-0.39, 0.29) is 5.82 Å². The lowest BCUT2D eigenvalue weighted by Gasteiger charge is -2.32. The second-order valence-corrected chi connectivity index (χ2v) is 5.83. The second-order valence-electron chi connectivity index (χ2n) is 5.83. The van der Waals surface area contributed by atoms with Crippen molar-refractivity contribution < 1.29 is 9.13 Å². The Morgan fingerprint density at radius 1 is 1.43 bits per heavy atom. The Hall–Kier alpha value is -1.13. The summed E-state index contributed by atoms with van der Waals surface area (Å²) >= 11 is 0. The minimum atomic E-state index is -0.131. The molecule has 3 nitrogen and oxygen atoms in total. The molecule has 0 spiro atoms. The third-order valence-corrected chi connectivity index (χ3v) is 4.23. The summed E-state index contributed by atoms with van der Waals surface area (Å²) in [5.41, 5.74) is 1.69. The van der Waals surface area contributed by atoms with Gasteiger partial charge in [-0.2, -0.15) is 0 Å². The zero-order valence-corrected chi connectivity index (χ0v) is 13.4. The number of hydrogen-bond acceptors (Lipinski definition) is 3. The van der Waals surface area contributed by atoms with Crippen LogP contribution in [0.5, 0.6) is 0 Å². The Bertz CT molecular complexity index is 448. The maximum absolute atomic E-state index is 14.5. The van der Waals surface area contributed by atoms with Crippen LogP contribution in [0.2, 0.25) is 0 Å². The monoisotopic (exact) mass is 294 g/mol. The van der Waals surface area contributed by atoms with Crippen LogP contribution in [0.4, 0.5) is 10.1 Å². The molecule has 1 unspecified atom stereocenters. The molecule has 2 rings (SSSR count). The number of rotatable bonds is 9. The number of anilines is 1. The molecule has 1 aromatic carbocycles. The molecule has 0 saturated heterocycles. The summed E-state index contributed by atoms with van der Waals surface area (Å²) in [7, 11) is 1.69. The molecular weight excluding hydrogens is 267 g/mol. The van der Waals surface area contributed by atoms with Gasteiger partial charge in [0, 0.05) is 26.2 Å². The van der Waals surface area contributed by atoms with Gasteiger partial charge in [0.25, 0.3) is 0 Å². The molecule has 1 aromatic rings. The van der Waals surface area contributed by atoms with Crippen molar-refractivity contribution in [2.45, 2.75) is 39.3 Å². The third-order valence-electron chi connectivity index (χ3n) is 4.23. The maximum atomic E-state index is 14.5. The van der Waals surface area contributed by atoms with Gasteiger partial charge in [0.15, 0.2) is 0 Å². The SMILES string of the molecule is CCNCc1ccc(N(CCOC)C(C)C2CC2)c(F)c1. The zero-order chi connectivity index (χ0) is 15.2. The standard InChI is InChI=1S/C17H27FN2O/c1-4-19-12-14-5-8-17(16(18)11-14)20(9-10-21-3)13(2)15-6-7-15/h5,8,11,13,15,19H,4,6-7,9-10,12H2,1-3H3. The zero-order valence-electron chi connectivity index (χ0n) is 13.4. The molecule has 0 radical (unpaired) electrons. The molecule has 0 amide bonds. The number of nitrogens with one attached hydrogen (secondary N) is 1. The molecule has 1 aliphatic carbocycles. The number of nitrogens with zero attached hydrogens (tertiary/aromatic N) is 1. The van der Waals surface area contributed by atoms with E-state index < -0.39 is 0 Å². The smallest absolute Gasteiger partial charge is 0.146 e. The first kappa shape index (κ1) is 16.2. The van der Waals surface area contributed by atoms with E-state index in [9.17, 15) is 4.39 Å². The number of methoxy groups -OCH3 is 1. The average Bonchev–Trinajstić information content (AvgIpc) is 3.31. The molecule has 0 aromatic heterocycles. The predicted octanol–water partition coefficient (Wildman–Crippen LogP) is 3.19. The van der Waals surface area contributed by atoms with E-state index in [0.29, 0.717) is 30.8 Å². The molecule has 0 bridgehead atoms. The van der Waals surface area contributed by atoms with Crippen LogP contribution in [0.1, 0.15) is 32.3 Å². The van der Waals surface area contributed by atoms with E-state index in [4.69, 9.17) is 4.74 Å². The second kappa shape index (κ2) is 7.76. The summed E-state index contributed by atoms with van der Waals surface area (Å²) in [6.07, 6.45) is 2.51. The van der Waals surface area contributed by atoms with Crippen LogP contribution in [0.25, 0.3) is 0 Å². The third kappa shape index (κ3) is 4.42. The summed E-state index contributed by atoms with van der Waals surface area (Å²) < 4.78 is 19.7. The lowest BCUT2D eigenvalue weighted by Crippen LogP contribution is -2.37. The van der Waals surface area contributed by atoms with Crippen LogP contribution in [0.3, 0.4) is 0 Å². The van der Waals surface area contributed by atoms with Crippen LogP contribution in [-0.4, -0.2) is 32.8 Å². The molecule has 1 fully saturated rings. The summed E-state index contributed by atoms with van der Waals surface area (Å²) in [4.78, 5) is 2.16. The molecule has 0 heterocycles. The van der Waals surface area contributed by atoms with Crippen molar-refractivity contribution in [1.82, 2.24) is 5.32 Å². The topological polar surface area (TPSA) is 24.5 Å². The first-order valence-electron chi connectivity index (χ1n) is 7.92. The largest absolute Gasteiger partial charge is 0.383 e. The number of ether oxygens (including phenoxy) is 1. The van der Waals surface area contributed by atoms with Gasteiger partial charge >= 0.3 is 0 Å². The van der Waals surface area contributed by atoms with Crippen LogP contribution in [-0.2, 0) is 11.3 Å². The molecule has 118 valence electrons.